The van der Waals surface area contributed by atoms with Crippen molar-refractivity contribution >= 4 is 16.8 Å². The van der Waals surface area contributed by atoms with Crippen LogP contribution in [0, 0.1) is 13.8 Å². The number of carbonyl (C=O) groups is 1. The van der Waals surface area contributed by atoms with Gasteiger partial charge in [0.05, 0.1) is 11.2 Å². The summed E-state index contributed by atoms with van der Waals surface area (Å²) in [6.07, 6.45) is 3.00. The van der Waals surface area contributed by atoms with Crippen molar-refractivity contribution in [1.29, 1.82) is 0 Å². The predicted octanol–water partition coefficient (Wildman–Crippen LogP) is 4.45. The van der Waals surface area contributed by atoms with Crippen LogP contribution in [0.3, 0.4) is 0 Å². The summed E-state index contributed by atoms with van der Waals surface area (Å²) in [5, 5.41) is 14.7. The Labute approximate surface area is 190 Å². The number of hydrogen-bond acceptors (Lipinski definition) is 3. The van der Waals surface area contributed by atoms with Crippen LogP contribution >= 0.6 is 0 Å². The van der Waals surface area contributed by atoms with Gasteiger partial charge >= 0.3 is 0 Å². The van der Waals surface area contributed by atoms with Crippen LogP contribution in [0.15, 0.2) is 42.5 Å². The fraction of sp³-hybridized carbons (Fsp3) is 0.444. The molecular weight excluding hydrogens is 398 g/mol. The minimum Gasteiger partial charge on any atom is -0.386 e. The molecule has 0 radical (unpaired) electrons. The first-order valence-corrected chi connectivity index (χ1v) is 11.7. The fourth-order valence-electron chi connectivity index (χ4n) is 4.93. The van der Waals surface area contributed by atoms with E-state index in [-0.39, 0.29) is 11.9 Å². The van der Waals surface area contributed by atoms with Gasteiger partial charge in [-0.3, -0.25) is 4.79 Å². The molecule has 1 aliphatic heterocycles. The van der Waals surface area contributed by atoms with Gasteiger partial charge < -0.3 is 20.3 Å². The van der Waals surface area contributed by atoms with Gasteiger partial charge in [0.1, 0.15) is 0 Å². The van der Waals surface area contributed by atoms with Gasteiger partial charge in [-0.1, -0.05) is 30.3 Å². The lowest BCUT2D eigenvalue weighted by Gasteiger charge is -2.32. The highest BCUT2D eigenvalue weighted by Gasteiger charge is 2.25. The van der Waals surface area contributed by atoms with Crippen LogP contribution < -0.4 is 5.32 Å². The van der Waals surface area contributed by atoms with Crippen LogP contribution in [0.25, 0.3) is 10.9 Å². The number of nitrogens with zero attached hydrogens (tertiary/aromatic N) is 1. The van der Waals surface area contributed by atoms with E-state index < -0.39 is 5.60 Å². The number of H-pyrrole nitrogens is 1. The quantitative estimate of drug-likeness (QED) is 0.538. The number of piperidine rings is 1. The van der Waals surface area contributed by atoms with Crippen molar-refractivity contribution in [2.24, 2.45) is 0 Å². The van der Waals surface area contributed by atoms with Gasteiger partial charge in [-0.05, 0) is 75.8 Å². The van der Waals surface area contributed by atoms with Gasteiger partial charge in [0, 0.05) is 42.3 Å². The number of aryl methyl sites for hydroxylation is 2. The Hall–Kier alpha value is -2.63. The first kappa shape index (κ1) is 22.6. The average molecular weight is 434 g/mol. The Balaban J connectivity index is 1.40. The lowest BCUT2D eigenvalue weighted by molar-refractivity contribution is 0.0780. The number of aromatic nitrogens is 1. The van der Waals surface area contributed by atoms with Crippen LogP contribution in [0.5, 0.6) is 0 Å². The summed E-state index contributed by atoms with van der Waals surface area (Å²) < 4.78 is 0. The molecule has 1 saturated heterocycles. The van der Waals surface area contributed by atoms with E-state index in [0.29, 0.717) is 5.56 Å². The first-order chi connectivity index (χ1) is 15.2. The number of carbonyl (C=O) groups excluding carboxylic acids is 1. The van der Waals surface area contributed by atoms with Gasteiger partial charge in [-0.25, -0.2) is 0 Å². The minimum absolute atomic E-state index is 0.0259. The van der Waals surface area contributed by atoms with Crippen molar-refractivity contribution in [1.82, 2.24) is 15.2 Å². The van der Waals surface area contributed by atoms with Gasteiger partial charge in [0.2, 0.25) is 0 Å². The number of aromatic amines is 1. The average Bonchev–Trinajstić information content (AvgIpc) is 3.07. The predicted molar refractivity (Wildman–Crippen MR) is 130 cm³/mol. The normalized spacial score (nSPS) is 15.9. The molecule has 32 heavy (non-hydrogen) atoms. The molecule has 0 spiro atoms. The number of likely N-dealkylation sites (tertiary alicyclic amines) is 1. The SMILES string of the molecule is Cc1cc2[nH]c(C)c(C(=O)NC3CCN(CCc4ccccc4)CC3)c2cc1C(C)(C)O. The number of hydrogen-bond donors (Lipinski definition) is 3. The molecule has 5 nitrogen and oxygen atoms in total. The first-order valence-electron chi connectivity index (χ1n) is 11.7. The number of aliphatic hydroxyl groups is 1. The van der Waals surface area contributed by atoms with Gasteiger partial charge in [0.15, 0.2) is 0 Å². The summed E-state index contributed by atoms with van der Waals surface area (Å²) in [5.41, 5.74) is 4.78. The lowest BCUT2D eigenvalue weighted by atomic mass is 9.91. The van der Waals surface area contributed by atoms with Crippen LogP contribution in [0.2, 0.25) is 0 Å². The zero-order chi connectivity index (χ0) is 22.9. The molecule has 1 aliphatic rings. The van der Waals surface area contributed by atoms with Crippen LogP contribution in [0.4, 0.5) is 0 Å². The molecule has 0 saturated carbocycles. The Morgan fingerprint density at radius 2 is 1.84 bits per heavy atom. The second-order valence-electron chi connectivity index (χ2n) is 9.72. The molecular formula is C27H35N3O2. The molecule has 5 heteroatoms. The molecule has 4 rings (SSSR count). The van der Waals surface area contributed by atoms with E-state index in [4.69, 9.17) is 0 Å². The van der Waals surface area contributed by atoms with E-state index in [1.54, 1.807) is 13.8 Å². The van der Waals surface area contributed by atoms with Gasteiger partial charge in [-0.2, -0.15) is 0 Å². The van der Waals surface area contributed by atoms with Gasteiger partial charge in [0.25, 0.3) is 5.91 Å². The van der Waals surface area contributed by atoms with Crippen LogP contribution in [-0.2, 0) is 12.0 Å². The second kappa shape index (κ2) is 9.08. The molecule has 1 fully saturated rings. The summed E-state index contributed by atoms with van der Waals surface area (Å²) in [5.74, 6) is -0.0259. The molecule has 170 valence electrons. The summed E-state index contributed by atoms with van der Waals surface area (Å²) in [6.45, 7) is 10.6. The van der Waals surface area contributed by atoms with E-state index in [1.165, 1.54) is 5.56 Å². The molecule has 0 aliphatic carbocycles. The van der Waals surface area contributed by atoms with Crippen molar-refractivity contribution in [2.75, 3.05) is 19.6 Å². The smallest absolute Gasteiger partial charge is 0.253 e. The molecule has 3 aromatic rings. The topological polar surface area (TPSA) is 68.4 Å². The molecule has 2 aromatic carbocycles. The van der Waals surface area contributed by atoms with Crippen LogP contribution in [0.1, 0.15) is 59.4 Å². The molecule has 1 amide bonds. The molecule has 0 bridgehead atoms. The van der Waals surface area contributed by atoms with Crippen molar-refractivity contribution in [3.8, 4) is 0 Å². The maximum absolute atomic E-state index is 13.2. The Bertz CT molecular complexity index is 1090. The monoisotopic (exact) mass is 433 g/mol. The molecule has 2 heterocycles. The Morgan fingerprint density at radius 3 is 2.50 bits per heavy atom. The maximum atomic E-state index is 13.2. The number of rotatable bonds is 6. The van der Waals surface area contributed by atoms with Crippen molar-refractivity contribution in [2.45, 2.75) is 58.6 Å². The Kier molecular flexibility index (Phi) is 6.40. The third-order valence-corrected chi connectivity index (χ3v) is 6.70. The third kappa shape index (κ3) is 4.89. The van der Waals surface area contributed by atoms with E-state index in [1.807, 2.05) is 26.0 Å². The van der Waals surface area contributed by atoms with E-state index in [2.05, 4.69) is 45.5 Å². The highest BCUT2D eigenvalue weighted by molar-refractivity contribution is 6.08. The Morgan fingerprint density at radius 1 is 1.16 bits per heavy atom. The summed E-state index contributed by atoms with van der Waals surface area (Å²) >= 11 is 0. The van der Waals surface area contributed by atoms with Crippen molar-refractivity contribution < 1.29 is 9.90 Å². The van der Waals surface area contributed by atoms with Crippen molar-refractivity contribution in [3.63, 3.8) is 0 Å². The minimum atomic E-state index is -0.955. The van der Waals surface area contributed by atoms with Gasteiger partial charge in [-0.15, -0.1) is 0 Å². The maximum Gasteiger partial charge on any atom is 0.253 e. The summed E-state index contributed by atoms with van der Waals surface area (Å²) in [4.78, 5) is 19.1. The largest absolute Gasteiger partial charge is 0.386 e. The number of amides is 1. The number of benzene rings is 2. The highest BCUT2D eigenvalue weighted by Crippen LogP contribution is 2.31. The number of fused-ring (bicyclic) bond motifs is 1. The highest BCUT2D eigenvalue weighted by atomic mass is 16.3. The molecule has 0 atom stereocenters. The van der Waals surface area contributed by atoms with Crippen LogP contribution in [-0.4, -0.2) is 46.6 Å². The van der Waals surface area contributed by atoms with E-state index >= 15 is 0 Å². The third-order valence-electron chi connectivity index (χ3n) is 6.70. The van der Waals surface area contributed by atoms with Crippen molar-refractivity contribution in [3.05, 3.63) is 70.4 Å². The number of nitrogens with one attached hydrogen (secondary N) is 2. The van der Waals surface area contributed by atoms with E-state index in [9.17, 15) is 9.90 Å². The zero-order valence-electron chi connectivity index (χ0n) is 19.7. The fourth-order valence-corrected chi connectivity index (χ4v) is 4.93. The molecule has 0 unspecified atom stereocenters. The summed E-state index contributed by atoms with van der Waals surface area (Å²) in [6, 6.07) is 14.8. The summed E-state index contributed by atoms with van der Waals surface area (Å²) in [7, 11) is 0. The molecule has 1 aromatic heterocycles. The zero-order valence-corrected chi connectivity index (χ0v) is 19.7. The lowest BCUT2D eigenvalue weighted by Crippen LogP contribution is -2.45. The standard InChI is InChI=1S/C27H35N3O2/c1-18-16-24-22(17-23(18)27(3,4)32)25(19(2)28-24)26(31)29-21-11-14-30(15-12-21)13-10-20-8-6-5-7-9-20/h5-9,16-17,21,28,32H,10-15H2,1-4H3,(H,29,31). The molecule has 3 N–H and O–H groups in total. The second-order valence-corrected chi connectivity index (χ2v) is 9.72. The van der Waals surface area contributed by atoms with E-state index in [0.717, 1.165) is 66.6 Å².